The molecule has 4 N–H and O–H groups in total. The normalized spacial score (nSPS) is 15.1. The molecule has 0 radical (unpaired) electrons. The van der Waals surface area contributed by atoms with Crippen molar-refractivity contribution in [1.29, 1.82) is 0 Å². The number of nitrogens with zero attached hydrogens (tertiary/aromatic N) is 1. The smallest absolute Gasteiger partial charge is 0.329 e. The fourth-order valence-corrected chi connectivity index (χ4v) is 6.31. The molecule has 1 atom stereocenters. The second-order valence-electron chi connectivity index (χ2n) is 10.6. The minimum absolute atomic E-state index is 0.0356. The van der Waals surface area contributed by atoms with Gasteiger partial charge in [-0.05, 0) is 81.8 Å². The SMILES string of the molecule is COc1ccc(-c2nc(C(=O)N[C@](C)(C(=O)O)C3CCCCC3)c(NC(=O)Nc3c(C)cc(C)cc3C)s2)cc1. The van der Waals surface area contributed by atoms with E-state index in [9.17, 15) is 19.5 Å². The van der Waals surface area contributed by atoms with E-state index in [1.165, 1.54) is 0 Å². The first-order valence-corrected chi connectivity index (χ1v) is 14.2. The zero-order valence-corrected chi connectivity index (χ0v) is 24.3. The highest BCUT2D eigenvalue weighted by molar-refractivity contribution is 7.19. The van der Waals surface area contributed by atoms with Crippen molar-refractivity contribution in [3.63, 3.8) is 0 Å². The van der Waals surface area contributed by atoms with Gasteiger partial charge < -0.3 is 20.5 Å². The number of anilines is 2. The number of carbonyl (C=O) groups excluding carboxylic acids is 2. The molecule has 9 nitrogen and oxygen atoms in total. The second-order valence-corrected chi connectivity index (χ2v) is 11.6. The zero-order chi connectivity index (χ0) is 29.0. The van der Waals surface area contributed by atoms with Crippen LogP contribution < -0.4 is 20.7 Å². The van der Waals surface area contributed by atoms with Crippen LogP contribution in [0.3, 0.4) is 0 Å². The molecule has 1 aliphatic rings. The monoisotopic (exact) mass is 564 g/mol. The van der Waals surface area contributed by atoms with Gasteiger partial charge in [-0.3, -0.25) is 10.1 Å². The van der Waals surface area contributed by atoms with Gasteiger partial charge in [0.05, 0.1) is 7.11 Å². The summed E-state index contributed by atoms with van der Waals surface area (Å²) in [6.45, 7) is 7.38. The topological polar surface area (TPSA) is 130 Å². The summed E-state index contributed by atoms with van der Waals surface area (Å²) in [7, 11) is 1.57. The highest BCUT2D eigenvalue weighted by Crippen LogP contribution is 2.36. The van der Waals surface area contributed by atoms with Gasteiger partial charge in [-0.25, -0.2) is 14.6 Å². The number of nitrogens with one attached hydrogen (secondary N) is 3. The molecule has 0 saturated heterocycles. The Bertz CT molecular complexity index is 1390. The van der Waals surface area contributed by atoms with Crippen molar-refractivity contribution in [3.05, 3.63) is 58.8 Å². The molecule has 3 amide bonds. The molecule has 10 heteroatoms. The molecule has 4 rings (SSSR count). The van der Waals surface area contributed by atoms with E-state index in [0.29, 0.717) is 16.4 Å². The highest BCUT2D eigenvalue weighted by Gasteiger charge is 2.44. The van der Waals surface area contributed by atoms with Crippen LogP contribution in [0.1, 0.15) is 66.2 Å². The molecule has 0 bridgehead atoms. The molecule has 212 valence electrons. The fourth-order valence-electron chi connectivity index (χ4n) is 5.35. The van der Waals surface area contributed by atoms with Crippen molar-refractivity contribution in [2.45, 2.75) is 65.3 Å². The Kier molecular flexibility index (Phi) is 8.78. The van der Waals surface area contributed by atoms with Gasteiger partial charge in [0.2, 0.25) is 0 Å². The summed E-state index contributed by atoms with van der Waals surface area (Å²) in [4.78, 5) is 43.7. The Labute approximate surface area is 238 Å². The summed E-state index contributed by atoms with van der Waals surface area (Å²) in [6.07, 6.45) is 4.35. The standard InChI is InChI=1S/C30H36N4O5S/c1-17-15-18(2)23(19(3)16-17)32-29(38)33-27-24(31-26(40-27)20-11-13-22(39-5)14-12-20)25(35)34-30(4,28(36)37)21-9-7-6-8-10-21/h11-16,21H,6-10H2,1-5H3,(H,34,35)(H,36,37)(H2,32,33,38)/t30-/m0/s1. The van der Waals surface area contributed by atoms with Gasteiger partial charge >= 0.3 is 12.0 Å². The number of benzene rings is 2. The van der Waals surface area contributed by atoms with E-state index in [2.05, 4.69) is 20.9 Å². The van der Waals surface area contributed by atoms with E-state index >= 15 is 0 Å². The minimum Gasteiger partial charge on any atom is -0.497 e. The lowest BCUT2D eigenvalue weighted by Crippen LogP contribution is -2.57. The molecule has 1 saturated carbocycles. The molecule has 1 aliphatic carbocycles. The van der Waals surface area contributed by atoms with Gasteiger partial charge in [0.25, 0.3) is 5.91 Å². The number of rotatable bonds is 8. The van der Waals surface area contributed by atoms with E-state index in [1.807, 2.05) is 45.0 Å². The molecule has 1 fully saturated rings. The van der Waals surface area contributed by atoms with Crippen LogP contribution in [0, 0.1) is 26.7 Å². The molecule has 0 spiro atoms. The van der Waals surface area contributed by atoms with Crippen molar-refractivity contribution < 1.29 is 24.2 Å². The molecule has 1 aromatic heterocycles. The maximum atomic E-state index is 13.6. The number of thiazole rings is 1. The summed E-state index contributed by atoms with van der Waals surface area (Å²) in [5.41, 5.74) is 2.84. The lowest BCUT2D eigenvalue weighted by Gasteiger charge is -2.36. The van der Waals surface area contributed by atoms with Gasteiger partial charge in [0.15, 0.2) is 5.69 Å². The van der Waals surface area contributed by atoms with Gasteiger partial charge in [0, 0.05) is 11.3 Å². The quantitative estimate of drug-likeness (QED) is 0.246. The lowest BCUT2D eigenvalue weighted by molar-refractivity contribution is -0.146. The number of hydrogen-bond acceptors (Lipinski definition) is 6. The first-order chi connectivity index (χ1) is 19.0. The average Bonchev–Trinajstić information content (AvgIpc) is 3.34. The van der Waals surface area contributed by atoms with Crippen LogP contribution in [0.15, 0.2) is 36.4 Å². The molecule has 0 unspecified atom stereocenters. The number of ether oxygens (including phenoxy) is 1. The Morgan fingerprint density at radius 3 is 2.20 bits per heavy atom. The third kappa shape index (κ3) is 6.28. The van der Waals surface area contributed by atoms with Gasteiger partial charge in [-0.1, -0.05) is 48.3 Å². The summed E-state index contributed by atoms with van der Waals surface area (Å²) in [5, 5.41) is 19.3. The van der Waals surface area contributed by atoms with E-state index in [-0.39, 0.29) is 16.6 Å². The summed E-state index contributed by atoms with van der Waals surface area (Å²) in [5.74, 6) is -1.26. The van der Waals surface area contributed by atoms with E-state index in [0.717, 1.165) is 65.7 Å². The maximum Gasteiger partial charge on any atom is 0.329 e. The van der Waals surface area contributed by atoms with Crippen molar-refractivity contribution in [1.82, 2.24) is 10.3 Å². The van der Waals surface area contributed by atoms with Crippen LogP contribution in [0.2, 0.25) is 0 Å². The number of hydrogen-bond donors (Lipinski definition) is 4. The number of aryl methyl sites for hydroxylation is 3. The number of urea groups is 1. The number of carboxylic acids is 1. The Hall–Kier alpha value is -3.92. The van der Waals surface area contributed by atoms with Crippen molar-refractivity contribution >= 4 is 39.9 Å². The first-order valence-electron chi connectivity index (χ1n) is 13.4. The number of methoxy groups -OCH3 is 1. The predicted molar refractivity (Wildman–Crippen MR) is 157 cm³/mol. The molecular weight excluding hydrogens is 528 g/mol. The molecule has 0 aliphatic heterocycles. The number of aromatic nitrogens is 1. The summed E-state index contributed by atoms with van der Waals surface area (Å²) >= 11 is 1.14. The van der Waals surface area contributed by atoms with Crippen LogP contribution in [-0.4, -0.2) is 40.6 Å². The Balaban J connectivity index is 1.66. The number of carbonyl (C=O) groups is 3. The molecule has 2 aromatic carbocycles. The van der Waals surface area contributed by atoms with Crippen LogP contribution in [0.25, 0.3) is 10.6 Å². The van der Waals surface area contributed by atoms with Gasteiger partial charge in [-0.2, -0.15) is 0 Å². The predicted octanol–water partition coefficient (Wildman–Crippen LogP) is 6.54. The van der Waals surface area contributed by atoms with E-state index in [4.69, 9.17) is 4.74 Å². The molecule has 40 heavy (non-hydrogen) atoms. The third-order valence-corrected chi connectivity index (χ3v) is 8.58. The van der Waals surface area contributed by atoms with Crippen molar-refractivity contribution in [3.8, 4) is 16.3 Å². The summed E-state index contributed by atoms with van der Waals surface area (Å²) in [6, 6.07) is 10.6. The fraction of sp³-hybridized carbons (Fsp3) is 0.400. The van der Waals surface area contributed by atoms with Crippen molar-refractivity contribution in [2.24, 2.45) is 5.92 Å². The van der Waals surface area contributed by atoms with Gasteiger partial charge in [0.1, 0.15) is 21.3 Å². The zero-order valence-electron chi connectivity index (χ0n) is 23.5. The largest absolute Gasteiger partial charge is 0.497 e. The van der Waals surface area contributed by atoms with Crippen LogP contribution in [-0.2, 0) is 4.79 Å². The number of aliphatic carboxylic acids is 1. The van der Waals surface area contributed by atoms with Gasteiger partial charge in [-0.15, -0.1) is 0 Å². The highest BCUT2D eigenvalue weighted by atomic mass is 32.1. The van der Waals surface area contributed by atoms with E-state index in [1.54, 1.807) is 26.2 Å². The third-order valence-electron chi connectivity index (χ3n) is 7.56. The maximum absolute atomic E-state index is 13.6. The Morgan fingerprint density at radius 1 is 1.00 bits per heavy atom. The van der Waals surface area contributed by atoms with Crippen LogP contribution >= 0.6 is 11.3 Å². The molecular formula is C30H36N4O5S. The molecule has 3 aromatic rings. The minimum atomic E-state index is -1.46. The lowest BCUT2D eigenvalue weighted by atomic mass is 9.75. The van der Waals surface area contributed by atoms with E-state index < -0.39 is 23.4 Å². The first kappa shape index (κ1) is 29.1. The number of amides is 3. The van der Waals surface area contributed by atoms with Crippen molar-refractivity contribution in [2.75, 3.05) is 17.7 Å². The Morgan fingerprint density at radius 2 is 1.62 bits per heavy atom. The average molecular weight is 565 g/mol. The summed E-state index contributed by atoms with van der Waals surface area (Å²) < 4.78 is 5.24. The molecule has 1 heterocycles. The van der Waals surface area contributed by atoms with Crippen LogP contribution in [0.4, 0.5) is 15.5 Å². The number of carboxylic acid groups (broad SMARTS) is 1. The second kappa shape index (κ2) is 12.1. The van der Waals surface area contributed by atoms with Crippen LogP contribution in [0.5, 0.6) is 5.75 Å².